The molecule has 4 nitrogen and oxygen atoms in total. The minimum absolute atomic E-state index is 0.196. The number of hydrogen-bond acceptors (Lipinski definition) is 3. The first-order valence-electron chi connectivity index (χ1n) is 9.50. The van der Waals surface area contributed by atoms with E-state index in [-0.39, 0.29) is 16.0 Å². The first-order chi connectivity index (χ1) is 15.2. The molecule has 0 unspecified atom stereocenters. The lowest BCUT2D eigenvalue weighted by Crippen LogP contribution is -2.16. The summed E-state index contributed by atoms with van der Waals surface area (Å²) in [5.41, 5.74) is 1.66. The van der Waals surface area contributed by atoms with Gasteiger partial charge in [-0.1, -0.05) is 60.7 Å². The molecule has 0 radical (unpaired) electrons. The summed E-state index contributed by atoms with van der Waals surface area (Å²) in [5.74, 6) is 0. The third-order valence-electron chi connectivity index (χ3n) is 4.97. The maximum absolute atomic E-state index is 13.0. The van der Waals surface area contributed by atoms with Gasteiger partial charge in [-0.2, -0.15) is 13.2 Å². The van der Waals surface area contributed by atoms with Crippen LogP contribution in [-0.2, 0) is 16.2 Å². The Hall–Kier alpha value is -3.49. The van der Waals surface area contributed by atoms with Crippen LogP contribution in [-0.4, -0.2) is 13.4 Å². The number of halogens is 3. The van der Waals surface area contributed by atoms with Crippen LogP contribution in [0.25, 0.3) is 33.5 Å². The number of hydrogen-bond donors (Lipinski definition) is 1. The maximum atomic E-state index is 13.0. The molecular weight excluding hydrogens is 437 g/mol. The van der Waals surface area contributed by atoms with Crippen LogP contribution >= 0.6 is 0 Å². The van der Waals surface area contributed by atoms with Gasteiger partial charge in [-0.15, -0.1) is 0 Å². The van der Waals surface area contributed by atoms with Crippen LogP contribution in [0.2, 0.25) is 0 Å². The fraction of sp³-hybridized carbons (Fsp3) is 0.0417. The zero-order valence-corrected chi connectivity index (χ0v) is 17.4. The summed E-state index contributed by atoms with van der Waals surface area (Å²) in [6, 6.07) is 21.8. The van der Waals surface area contributed by atoms with Gasteiger partial charge in [-0.3, -0.25) is 4.98 Å². The van der Waals surface area contributed by atoms with Crippen molar-refractivity contribution >= 4 is 10.0 Å². The Kier molecular flexibility index (Phi) is 5.58. The molecule has 0 aliphatic rings. The third-order valence-corrected chi connectivity index (χ3v) is 5.96. The minimum Gasteiger partial charge on any atom is -0.256 e. The molecule has 2 N–H and O–H groups in total. The fourth-order valence-electron chi connectivity index (χ4n) is 3.57. The summed E-state index contributed by atoms with van der Waals surface area (Å²) < 4.78 is 64.6. The quantitative estimate of drug-likeness (QED) is 0.427. The van der Waals surface area contributed by atoms with E-state index < -0.39 is 21.8 Å². The lowest BCUT2D eigenvalue weighted by atomic mass is 9.92. The average molecular weight is 454 g/mol. The van der Waals surface area contributed by atoms with Gasteiger partial charge in [0.25, 0.3) is 0 Å². The Balaban J connectivity index is 2.05. The molecule has 4 aromatic rings. The van der Waals surface area contributed by atoms with Crippen LogP contribution in [0.3, 0.4) is 0 Å². The number of alkyl halides is 3. The molecule has 162 valence electrons. The van der Waals surface area contributed by atoms with Crippen LogP contribution in [0.4, 0.5) is 13.2 Å². The number of benzene rings is 3. The van der Waals surface area contributed by atoms with E-state index >= 15 is 0 Å². The number of primary sulfonamides is 1. The Morgan fingerprint density at radius 1 is 0.719 bits per heavy atom. The fourth-order valence-corrected chi connectivity index (χ4v) is 4.56. The molecule has 0 aliphatic heterocycles. The smallest absolute Gasteiger partial charge is 0.256 e. The topological polar surface area (TPSA) is 73.1 Å². The molecule has 0 fully saturated rings. The molecule has 1 aromatic heterocycles. The molecule has 0 spiro atoms. The van der Waals surface area contributed by atoms with Gasteiger partial charge in [0.05, 0.1) is 16.2 Å². The highest BCUT2D eigenvalue weighted by molar-refractivity contribution is 7.89. The van der Waals surface area contributed by atoms with Crippen LogP contribution < -0.4 is 5.14 Å². The molecule has 1 heterocycles. The molecule has 3 aromatic carbocycles. The molecule has 0 amide bonds. The molecule has 0 bridgehead atoms. The van der Waals surface area contributed by atoms with Crippen molar-refractivity contribution in [3.63, 3.8) is 0 Å². The first kappa shape index (κ1) is 21.7. The normalized spacial score (nSPS) is 12.0. The van der Waals surface area contributed by atoms with Gasteiger partial charge in [0, 0.05) is 17.3 Å². The van der Waals surface area contributed by atoms with E-state index in [1.54, 1.807) is 30.3 Å². The summed E-state index contributed by atoms with van der Waals surface area (Å²) in [5, 5.41) is 5.64. The zero-order valence-electron chi connectivity index (χ0n) is 16.5. The average Bonchev–Trinajstić information content (AvgIpc) is 2.78. The number of nitrogens with zero attached hydrogens (tertiary/aromatic N) is 1. The van der Waals surface area contributed by atoms with E-state index in [1.807, 2.05) is 30.3 Å². The standard InChI is InChI=1S/C24H17F3N2O2S/c25-24(26,27)18-11-9-17(10-12-18)20-14-13-19(16-6-2-1-3-7-16)22(23(20)32(28,30)31)21-8-4-5-15-29-21/h1-15H,(H2,28,30,31). The highest BCUT2D eigenvalue weighted by Crippen LogP contribution is 2.42. The van der Waals surface area contributed by atoms with E-state index in [4.69, 9.17) is 5.14 Å². The van der Waals surface area contributed by atoms with E-state index in [0.717, 1.165) is 17.7 Å². The molecule has 0 saturated heterocycles. The SMILES string of the molecule is NS(=O)(=O)c1c(-c2ccc(C(F)(F)F)cc2)ccc(-c2ccccc2)c1-c1ccccn1. The van der Waals surface area contributed by atoms with Crippen LogP contribution in [0, 0.1) is 0 Å². The van der Waals surface area contributed by atoms with Crippen molar-refractivity contribution in [2.24, 2.45) is 5.14 Å². The second kappa shape index (κ2) is 8.22. The summed E-state index contributed by atoms with van der Waals surface area (Å²) in [4.78, 5) is 4.12. The monoisotopic (exact) mass is 454 g/mol. The summed E-state index contributed by atoms with van der Waals surface area (Å²) in [6.07, 6.45) is -2.97. The van der Waals surface area contributed by atoms with Crippen LogP contribution in [0.1, 0.15) is 5.56 Å². The number of sulfonamides is 1. The van der Waals surface area contributed by atoms with Gasteiger partial charge >= 0.3 is 6.18 Å². The summed E-state index contributed by atoms with van der Waals surface area (Å²) in [6.45, 7) is 0. The lowest BCUT2D eigenvalue weighted by molar-refractivity contribution is -0.137. The predicted molar refractivity (Wildman–Crippen MR) is 117 cm³/mol. The maximum Gasteiger partial charge on any atom is 0.416 e. The Morgan fingerprint density at radius 2 is 1.31 bits per heavy atom. The zero-order chi connectivity index (χ0) is 22.9. The molecule has 8 heteroatoms. The van der Waals surface area contributed by atoms with E-state index in [1.165, 1.54) is 18.3 Å². The molecule has 0 aliphatic carbocycles. The van der Waals surface area contributed by atoms with Crippen molar-refractivity contribution in [1.29, 1.82) is 0 Å². The number of pyridine rings is 1. The molecule has 32 heavy (non-hydrogen) atoms. The van der Waals surface area contributed by atoms with E-state index in [0.29, 0.717) is 16.8 Å². The molecule has 4 rings (SSSR count). The first-order valence-corrected chi connectivity index (χ1v) is 11.0. The largest absolute Gasteiger partial charge is 0.416 e. The highest BCUT2D eigenvalue weighted by Gasteiger charge is 2.31. The van der Waals surface area contributed by atoms with Gasteiger partial charge in [0.1, 0.15) is 0 Å². The number of aromatic nitrogens is 1. The predicted octanol–water partition coefficient (Wildman–Crippen LogP) is 5.75. The number of rotatable bonds is 4. The second-order valence-corrected chi connectivity index (χ2v) is 8.56. The third kappa shape index (κ3) is 4.28. The van der Waals surface area contributed by atoms with Crippen molar-refractivity contribution in [3.05, 3.63) is 96.7 Å². The molecule has 0 atom stereocenters. The Labute approximate surface area is 183 Å². The summed E-state index contributed by atoms with van der Waals surface area (Å²) in [7, 11) is -4.29. The van der Waals surface area contributed by atoms with Gasteiger partial charge in [-0.05, 0) is 41.0 Å². The molecule has 0 saturated carbocycles. The van der Waals surface area contributed by atoms with Crippen LogP contribution in [0.15, 0.2) is 96.0 Å². The molecular formula is C24H17F3N2O2S. The minimum atomic E-state index is -4.50. The lowest BCUT2D eigenvalue weighted by Gasteiger charge is -2.18. The van der Waals surface area contributed by atoms with Gasteiger partial charge in [0.2, 0.25) is 10.0 Å². The second-order valence-electron chi connectivity index (χ2n) is 7.07. The van der Waals surface area contributed by atoms with Gasteiger partial charge in [-0.25, -0.2) is 13.6 Å². The van der Waals surface area contributed by atoms with Crippen molar-refractivity contribution in [1.82, 2.24) is 4.98 Å². The Morgan fingerprint density at radius 3 is 1.88 bits per heavy atom. The van der Waals surface area contributed by atoms with Gasteiger partial charge in [0.15, 0.2) is 0 Å². The van der Waals surface area contributed by atoms with Gasteiger partial charge < -0.3 is 0 Å². The van der Waals surface area contributed by atoms with Crippen molar-refractivity contribution in [2.45, 2.75) is 11.1 Å². The van der Waals surface area contributed by atoms with E-state index in [2.05, 4.69) is 4.98 Å². The van der Waals surface area contributed by atoms with Crippen LogP contribution in [0.5, 0.6) is 0 Å². The summed E-state index contributed by atoms with van der Waals surface area (Å²) >= 11 is 0. The van der Waals surface area contributed by atoms with Crippen molar-refractivity contribution < 1.29 is 21.6 Å². The number of nitrogens with two attached hydrogens (primary N) is 1. The highest BCUT2D eigenvalue weighted by atomic mass is 32.2. The van der Waals surface area contributed by atoms with Crippen molar-refractivity contribution in [3.8, 4) is 33.5 Å². The van der Waals surface area contributed by atoms with Crippen molar-refractivity contribution in [2.75, 3.05) is 0 Å². The van der Waals surface area contributed by atoms with E-state index in [9.17, 15) is 21.6 Å². The Bertz CT molecular complexity index is 1350.